The molecule has 0 N–H and O–H groups in total. The van der Waals surface area contributed by atoms with Crippen LogP contribution in [-0.4, -0.2) is 29.1 Å². The number of amides is 2. The van der Waals surface area contributed by atoms with Gasteiger partial charge in [-0.3, -0.25) is 9.69 Å². The normalized spacial score (nSPS) is 16.6. The lowest BCUT2D eigenvalue weighted by atomic mass is 10.0. The van der Waals surface area contributed by atoms with Crippen LogP contribution in [0.3, 0.4) is 0 Å². The molecule has 0 radical (unpaired) electrons. The summed E-state index contributed by atoms with van der Waals surface area (Å²) < 4.78 is 1.84. The molecule has 1 aliphatic heterocycles. The van der Waals surface area contributed by atoms with Gasteiger partial charge in [0, 0.05) is 44.1 Å². The number of rotatable bonds is 2. The number of carbonyl (C=O) groups is 1. The van der Waals surface area contributed by atoms with Crippen LogP contribution in [0, 0.1) is 0 Å². The number of nitrogens with zero attached hydrogens (tertiary/aromatic N) is 3. The predicted molar refractivity (Wildman–Crippen MR) is 93.3 cm³/mol. The van der Waals surface area contributed by atoms with Gasteiger partial charge in [0.05, 0.1) is 0 Å². The molecule has 2 aliphatic rings. The van der Waals surface area contributed by atoms with Crippen LogP contribution < -0.4 is 10.5 Å². The Morgan fingerprint density at radius 1 is 1.17 bits per heavy atom. The minimum Gasteiger partial charge on any atom is -0.320 e. The van der Waals surface area contributed by atoms with Gasteiger partial charge in [0.25, 0.3) is 5.56 Å². The molecule has 24 heavy (non-hydrogen) atoms. The number of hydrogen-bond acceptors (Lipinski definition) is 2. The third kappa shape index (κ3) is 2.70. The first-order valence-corrected chi connectivity index (χ1v) is 8.45. The van der Waals surface area contributed by atoms with Crippen LogP contribution in [0.1, 0.15) is 30.0 Å². The second-order valence-electron chi connectivity index (χ2n) is 6.65. The minimum atomic E-state index is -0.00368. The second kappa shape index (κ2) is 5.82. The molecule has 1 aliphatic carbocycles. The van der Waals surface area contributed by atoms with Crippen molar-refractivity contribution in [3.05, 3.63) is 64.1 Å². The quantitative estimate of drug-likeness (QED) is 0.853. The number of para-hydroxylation sites is 1. The first-order chi connectivity index (χ1) is 11.6. The zero-order valence-corrected chi connectivity index (χ0v) is 13.8. The van der Waals surface area contributed by atoms with Crippen LogP contribution in [-0.2, 0) is 13.0 Å². The summed E-state index contributed by atoms with van der Waals surface area (Å²) in [6.07, 6.45) is 4.87. The summed E-state index contributed by atoms with van der Waals surface area (Å²) >= 11 is 0. The van der Waals surface area contributed by atoms with Crippen LogP contribution in [0.5, 0.6) is 0 Å². The van der Waals surface area contributed by atoms with E-state index in [-0.39, 0.29) is 11.6 Å². The molecule has 5 heteroatoms. The van der Waals surface area contributed by atoms with Crippen LogP contribution in [0.25, 0.3) is 0 Å². The van der Waals surface area contributed by atoms with Gasteiger partial charge in [-0.25, -0.2) is 4.79 Å². The highest BCUT2D eigenvalue weighted by Crippen LogP contribution is 2.34. The van der Waals surface area contributed by atoms with Crippen molar-refractivity contribution in [2.24, 2.45) is 0 Å². The Balaban J connectivity index is 1.56. The zero-order chi connectivity index (χ0) is 16.7. The van der Waals surface area contributed by atoms with Crippen LogP contribution >= 0.6 is 0 Å². The number of pyridine rings is 1. The van der Waals surface area contributed by atoms with Crippen molar-refractivity contribution < 1.29 is 4.79 Å². The molecular formula is C19H21N3O2. The van der Waals surface area contributed by atoms with E-state index < -0.39 is 0 Å². The molecule has 1 saturated carbocycles. The first kappa shape index (κ1) is 15.0. The minimum absolute atomic E-state index is 0.00368. The maximum atomic E-state index is 12.8. The molecule has 0 atom stereocenters. The highest BCUT2D eigenvalue weighted by molar-refractivity contribution is 5.91. The summed E-state index contributed by atoms with van der Waals surface area (Å²) in [6.45, 7) is 1.22. The monoisotopic (exact) mass is 323 g/mol. The van der Waals surface area contributed by atoms with Gasteiger partial charge in [0.2, 0.25) is 0 Å². The Kier molecular flexibility index (Phi) is 3.63. The van der Waals surface area contributed by atoms with E-state index in [9.17, 15) is 9.59 Å². The molecule has 4 rings (SSSR count). The van der Waals surface area contributed by atoms with Gasteiger partial charge in [-0.15, -0.1) is 0 Å². The number of carbonyl (C=O) groups excluding carboxylic acids is 1. The third-order valence-electron chi connectivity index (χ3n) is 4.91. The van der Waals surface area contributed by atoms with E-state index >= 15 is 0 Å². The predicted octanol–water partition coefficient (Wildman–Crippen LogP) is 2.80. The van der Waals surface area contributed by atoms with Crippen molar-refractivity contribution in [1.29, 1.82) is 0 Å². The zero-order valence-electron chi connectivity index (χ0n) is 13.8. The molecule has 2 heterocycles. The topological polar surface area (TPSA) is 45.6 Å². The van der Waals surface area contributed by atoms with Crippen molar-refractivity contribution >= 4 is 11.7 Å². The lowest BCUT2D eigenvalue weighted by Crippen LogP contribution is -2.44. The molecule has 0 saturated heterocycles. The van der Waals surface area contributed by atoms with Gasteiger partial charge >= 0.3 is 6.03 Å². The molecule has 0 unspecified atom stereocenters. The lowest BCUT2D eigenvalue weighted by molar-refractivity contribution is 0.200. The smallest absolute Gasteiger partial charge is 0.320 e. The van der Waals surface area contributed by atoms with Gasteiger partial charge in [0.15, 0.2) is 0 Å². The van der Waals surface area contributed by atoms with Gasteiger partial charge in [-0.1, -0.05) is 18.2 Å². The Labute approximate surface area is 141 Å². The molecule has 5 nitrogen and oxygen atoms in total. The van der Waals surface area contributed by atoms with Gasteiger partial charge in [0.1, 0.15) is 0 Å². The van der Waals surface area contributed by atoms with E-state index in [1.54, 1.807) is 18.0 Å². The number of urea groups is 1. The van der Waals surface area contributed by atoms with Crippen LogP contribution in [0.2, 0.25) is 0 Å². The lowest BCUT2D eigenvalue weighted by Gasteiger charge is -2.32. The fraction of sp³-hybridized carbons (Fsp3) is 0.368. The van der Waals surface area contributed by atoms with Crippen molar-refractivity contribution in [1.82, 2.24) is 9.47 Å². The number of fused-ring (bicyclic) bond motifs is 1. The largest absolute Gasteiger partial charge is 0.324 e. The van der Waals surface area contributed by atoms with Crippen molar-refractivity contribution in [2.75, 3.05) is 18.5 Å². The van der Waals surface area contributed by atoms with Crippen molar-refractivity contribution in [3.63, 3.8) is 0 Å². The Morgan fingerprint density at radius 3 is 2.62 bits per heavy atom. The number of anilines is 1. The summed E-state index contributed by atoms with van der Waals surface area (Å²) in [6, 6.07) is 11.8. The number of hydrogen-bond donors (Lipinski definition) is 0. The van der Waals surface area contributed by atoms with Crippen molar-refractivity contribution in [3.8, 4) is 0 Å². The molecular weight excluding hydrogens is 302 g/mol. The first-order valence-electron chi connectivity index (χ1n) is 8.45. The molecule has 1 fully saturated rings. The Bertz CT molecular complexity index is 824. The van der Waals surface area contributed by atoms with E-state index in [2.05, 4.69) is 0 Å². The van der Waals surface area contributed by atoms with Gasteiger partial charge < -0.3 is 9.47 Å². The number of benzene rings is 1. The van der Waals surface area contributed by atoms with E-state index in [0.29, 0.717) is 19.1 Å². The van der Waals surface area contributed by atoms with Gasteiger partial charge in [-0.05, 0) is 42.5 Å². The average molecular weight is 323 g/mol. The summed E-state index contributed by atoms with van der Waals surface area (Å²) in [4.78, 5) is 28.5. The summed E-state index contributed by atoms with van der Waals surface area (Å²) in [5, 5.41) is 0. The van der Waals surface area contributed by atoms with E-state index in [1.807, 2.05) is 46.0 Å². The van der Waals surface area contributed by atoms with E-state index in [0.717, 1.165) is 36.1 Å². The molecule has 124 valence electrons. The molecule has 1 aromatic carbocycles. The van der Waals surface area contributed by atoms with E-state index in [1.165, 1.54) is 0 Å². The summed E-state index contributed by atoms with van der Waals surface area (Å²) in [5.41, 5.74) is 3.17. The Hall–Kier alpha value is -2.56. The highest BCUT2D eigenvalue weighted by Gasteiger charge is 2.28. The summed E-state index contributed by atoms with van der Waals surface area (Å²) in [7, 11) is 1.80. The standard InChI is InChI=1S/C19H21N3O2/c1-20(16-5-3-2-4-6-16)19(24)21-10-9-14-11-18(23)22(17-7-8-17)13-15(14)12-21/h2-6,11,13,17H,7-10,12H2,1H3. The fourth-order valence-corrected chi connectivity index (χ4v) is 3.32. The van der Waals surface area contributed by atoms with Crippen LogP contribution in [0.15, 0.2) is 47.4 Å². The summed E-state index contributed by atoms with van der Waals surface area (Å²) in [5.74, 6) is 0. The maximum absolute atomic E-state index is 12.8. The van der Waals surface area contributed by atoms with Gasteiger partial charge in [-0.2, -0.15) is 0 Å². The third-order valence-corrected chi connectivity index (χ3v) is 4.91. The highest BCUT2D eigenvalue weighted by atomic mass is 16.2. The SMILES string of the molecule is CN(C(=O)N1CCc2cc(=O)n(C3CC3)cc2C1)c1ccccc1. The van der Waals surface area contributed by atoms with Crippen molar-refractivity contribution in [2.45, 2.75) is 31.8 Å². The van der Waals surface area contributed by atoms with E-state index in [4.69, 9.17) is 0 Å². The molecule has 0 bridgehead atoms. The molecule has 2 amide bonds. The average Bonchev–Trinajstić information content (AvgIpc) is 3.45. The maximum Gasteiger partial charge on any atom is 0.324 e. The second-order valence-corrected chi connectivity index (χ2v) is 6.65. The Morgan fingerprint density at radius 2 is 1.92 bits per heavy atom. The molecule has 0 spiro atoms. The van der Waals surface area contributed by atoms with Crippen LogP contribution in [0.4, 0.5) is 10.5 Å². The number of aromatic nitrogens is 1. The molecule has 1 aromatic heterocycles. The molecule has 2 aromatic rings. The fourth-order valence-electron chi connectivity index (χ4n) is 3.32.